The van der Waals surface area contributed by atoms with Gasteiger partial charge in [0, 0.05) is 52.9 Å². The fraction of sp³-hybridized carbons (Fsp3) is 0.486. The van der Waals surface area contributed by atoms with Crippen LogP contribution in [0.5, 0.6) is 11.5 Å². The summed E-state index contributed by atoms with van der Waals surface area (Å²) in [6.07, 6.45) is 3.47. The van der Waals surface area contributed by atoms with E-state index in [1.54, 1.807) is 0 Å². The molecule has 0 saturated heterocycles. The van der Waals surface area contributed by atoms with E-state index in [0.29, 0.717) is 42.6 Å². The average molecular weight is 655 g/mol. The van der Waals surface area contributed by atoms with Crippen molar-refractivity contribution < 1.29 is 19.1 Å². The summed E-state index contributed by atoms with van der Waals surface area (Å²) in [4.78, 5) is 30.4. The molecule has 2 aromatic rings. The third kappa shape index (κ3) is 6.07. The summed E-state index contributed by atoms with van der Waals surface area (Å²) in [6.45, 7) is 14.4. The number of halogens is 2. The molecule has 0 amide bonds. The van der Waals surface area contributed by atoms with Gasteiger partial charge in [0.1, 0.15) is 6.61 Å². The molecule has 1 heterocycles. The summed E-state index contributed by atoms with van der Waals surface area (Å²) in [7, 11) is 0. The number of ether oxygens (including phenoxy) is 2. The Bertz CT molecular complexity index is 1420. The van der Waals surface area contributed by atoms with Crippen LogP contribution >= 0.6 is 27.5 Å². The van der Waals surface area contributed by atoms with Crippen LogP contribution in [0.1, 0.15) is 90.7 Å². The van der Waals surface area contributed by atoms with Gasteiger partial charge in [-0.3, -0.25) is 9.59 Å². The molecule has 0 bridgehead atoms. The molecule has 0 atom stereocenters. The Morgan fingerprint density at radius 3 is 1.98 bits per heavy atom. The maximum atomic E-state index is 14.0. The standard InChI is InChI=1S/C35H41BrClNO4/c1-7-13-38-25-16-34(3,4)18-27(39)31(25)30(32-26(38)17-35(5,6)19-28(32)40)22-14-24(36)33(29(15-22)41-8-2)42-20-21-9-11-23(37)12-10-21/h9-12,14-15,30H,7-8,13,16-20H2,1-6H3. The second-order valence-corrected chi connectivity index (χ2v) is 14.7. The third-order valence-electron chi connectivity index (χ3n) is 8.43. The first-order chi connectivity index (χ1) is 19.8. The highest BCUT2D eigenvalue weighted by Crippen LogP contribution is 2.55. The van der Waals surface area contributed by atoms with E-state index in [9.17, 15) is 9.59 Å². The minimum Gasteiger partial charge on any atom is -0.490 e. The van der Waals surface area contributed by atoms with E-state index in [4.69, 9.17) is 21.1 Å². The highest BCUT2D eigenvalue weighted by molar-refractivity contribution is 9.10. The van der Waals surface area contributed by atoms with Crippen LogP contribution in [-0.2, 0) is 16.2 Å². The first-order valence-corrected chi connectivity index (χ1v) is 16.1. The van der Waals surface area contributed by atoms with E-state index in [-0.39, 0.29) is 22.4 Å². The van der Waals surface area contributed by atoms with Crippen molar-refractivity contribution in [1.82, 2.24) is 4.90 Å². The van der Waals surface area contributed by atoms with Gasteiger partial charge in [-0.15, -0.1) is 0 Å². The number of Topliss-reactive ketones (excluding diaryl/α,β-unsaturated/α-hetero) is 2. The van der Waals surface area contributed by atoms with Gasteiger partial charge in [-0.25, -0.2) is 0 Å². The van der Waals surface area contributed by atoms with Crippen LogP contribution in [-0.4, -0.2) is 29.6 Å². The molecule has 3 aliphatic rings. The maximum Gasteiger partial charge on any atom is 0.175 e. The van der Waals surface area contributed by atoms with Gasteiger partial charge < -0.3 is 14.4 Å². The fourth-order valence-corrected chi connectivity index (χ4v) is 7.47. The van der Waals surface area contributed by atoms with E-state index in [1.807, 2.05) is 43.3 Å². The van der Waals surface area contributed by atoms with Gasteiger partial charge in [0.2, 0.25) is 0 Å². The number of benzene rings is 2. The van der Waals surface area contributed by atoms with Crippen molar-refractivity contribution in [1.29, 1.82) is 0 Å². The van der Waals surface area contributed by atoms with Crippen molar-refractivity contribution in [2.75, 3.05) is 13.2 Å². The number of ketones is 2. The molecule has 42 heavy (non-hydrogen) atoms. The van der Waals surface area contributed by atoms with Crippen molar-refractivity contribution in [3.63, 3.8) is 0 Å². The Hall–Kier alpha value is -2.57. The van der Waals surface area contributed by atoms with Crippen molar-refractivity contribution in [2.24, 2.45) is 10.8 Å². The SMILES string of the molecule is CCCN1C2=C(C(=O)CC(C)(C)C2)C(c2cc(Br)c(OCc3ccc(Cl)cc3)c(OCC)c2)C2=C1CC(C)(C)CC2=O. The molecule has 0 radical (unpaired) electrons. The predicted octanol–water partition coefficient (Wildman–Crippen LogP) is 9.18. The molecule has 224 valence electrons. The molecule has 0 spiro atoms. The Balaban J connectivity index is 1.66. The van der Waals surface area contributed by atoms with Gasteiger partial charge in [-0.1, -0.05) is 58.4 Å². The van der Waals surface area contributed by atoms with Crippen molar-refractivity contribution in [2.45, 2.75) is 86.2 Å². The summed E-state index contributed by atoms with van der Waals surface area (Å²) >= 11 is 9.82. The lowest BCUT2D eigenvalue weighted by atomic mass is 9.63. The molecule has 0 N–H and O–H groups in total. The number of rotatable bonds is 8. The Kier molecular flexibility index (Phi) is 8.70. The van der Waals surface area contributed by atoms with Crippen LogP contribution in [0.3, 0.4) is 0 Å². The van der Waals surface area contributed by atoms with Crippen molar-refractivity contribution in [3.8, 4) is 11.5 Å². The van der Waals surface area contributed by atoms with Gasteiger partial charge in [0.05, 0.1) is 11.1 Å². The second kappa shape index (κ2) is 11.8. The summed E-state index contributed by atoms with van der Waals surface area (Å²) < 4.78 is 13.1. The predicted molar refractivity (Wildman–Crippen MR) is 171 cm³/mol. The molecule has 2 aliphatic carbocycles. The van der Waals surface area contributed by atoms with Gasteiger partial charge in [0.25, 0.3) is 0 Å². The van der Waals surface area contributed by atoms with Gasteiger partial charge >= 0.3 is 0 Å². The highest BCUT2D eigenvalue weighted by Gasteiger charge is 2.49. The molecule has 2 aromatic carbocycles. The molecule has 0 saturated carbocycles. The largest absolute Gasteiger partial charge is 0.490 e. The quantitative estimate of drug-likeness (QED) is 0.284. The molecular formula is C35H41BrClNO4. The number of allylic oxidation sites excluding steroid dienone is 4. The van der Waals surface area contributed by atoms with E-state index in [1.165, 1.54) is 0 Å². The van der Waals surface area contributed by atoms with Gasteiger partial charge in [-0.2, -0.15) is 0 Å². The molecule has 7 heteroatoms. The maximum absolute atomic E-state index is 14.0. The minimum absolute atomic E-state index is 0.133. The lowest BCUT2D eigenvalue weighted by Crippen LogP contribution is -2.44. The second-order valence-electron chi connectivity index (χ2n) is 13.4. The Morgan fingerprint density at radius 2 is 1.45 bits per heavy atom. The third-order valence-corrected chi connectivity index (χ3v) is 9.27. The average Bonchev–Trinajstić information content (AvgIpc) is 2.88. The molecule has 0 aromatic heterocycles. The van der Waals surface area contributed by atoms with Crippen LogP contribution in [0, 0.1) is 10.8 Å². The minimum atomic E-state index is -0.434. The summed E-state index contributed by atoms with van der Waals surface area (Å²) in [5, 5.41) is 0.674. The zero-order chi connectivity index (χ0) is 30.4. The van der Waals surface area contributed by atoms with Crippen LogP contribution in [0.4, 0.5) is 0 Å². The van der Waals surface area contributed by atoms with E-state index in [0.717, 1.165) is 63.9 Å². The fourth-order valence-electron chi connectivity index (χ4n) is 6.77. The lowest BCUT2D eigenvalue weighted by Gasteiger charge is -2.49. The normalized spacial score (nSPS) is 20.0. The van der Waals surface area contributed by atoms with Crippen LogP contribution < -0.4 is 9.47 Å². The summed E-state index contributed by atoms with van der Waals surface area (Å²) in [6, 6.07) is 11.5. The number of nitrogens with zero attached hydrogens (tertiary/aromatic N) is 1. The van der Waals surface area contributed by atoms with Crippen LogP contribution in [0.15, 0.2) is 63.4 Å². The van der Waals surface area contributed by atoms with Crippen LogP contribution in [0.25, 0.3) is 0 Å². The molecule has 1 aliphatic heterocycles. The number of hydrogen-bond acceptors (Lipinski definition) is 5. The van der Waals surface area contributed by atoms with E-state index >= 15 is 0 Å². The molecule has 0 unspecified atom stereocenters. The number of carbonyl (C=O) groups excluding carboxylic acids is 2. The number of carbonyl (C=O) groups is 2. The highest BCUT2D eigenvalue weighted by atomic mass is 79.9. The molecule has 0 fully saturated rings. The lowest BCUT2D eigenvalue weighted by molar-refractivity contribution is -0.119. The Morgan fingerprint density at radius 1 is 0.881 bits per heavy atom. The van der Waals surface area contributed by atoms with Gasteiger partial charge in [-0.05, 0) is 88.3 Å². The summed E-state index contributed by atoms with van der Waals surface area (Å²) in [5.41, 5.74) is 5.30. The molecular weight excluding hydrogens is 614 g/mol. The molecule has 5 rings (SSSR count). The zero-order valence-electron chi connectivity index (χ0n) is 25.5. The van der Waals surface area contributed by atoms with E-state index < -0.39 is 5.92 Å². The first kappa shape index (κ1) is 30.9. The smallest absolute Gasteiger partial charge is 0.175 e. The topological polar surface area (TPSA) is 55.8 Å². The zero-order valence-corrected chi connectivity index (χ0v) is 27.9. The summed E-state index contributed by atoms with van der Waals surface area (Å²) in [5.74, 6) is 1.01. The Labute approximate surface area is 263 Å². The van der Waals surface area contributed by atoms with Crippen molar-refractivity contribution in [3.05, 3.63) is 79.6 Å². The number of hydrogen-bond donors (Lipinski definition) is 0. The monoisotopic (exact) mass is 653 g/mol. The van der Waals surface area contributed by atoms with Crippen molar-refractivity contribution >= 4 is 39.1 Å². The van der Waals surface area contributed by atoms with Crippen LogP contribution in [0.2, 0.25) is 5.02 Å². The van der Waals surface area contributed by atoms with E-state index in [2.05, 4.69) is 55.4 Å². The molecule has 5 nitrogen and oxygen atoms in total. The first-order valence-electron chi connectivity index (χ1n) is 15.0. The van der Waals surface area contributed by atoms with Gasteiger partial charge in [0.15, 0.2) is 23.1 Å².